The maximum atomic E-state index is 12.0. The van der Waals surface area contributed by atoms with Crippen LogP contribution in [0.15, 0.2) is 24.3 Å². The van der Waals surface area contributed by atoms with Crippen molar-refractivity contribution in [2.45, 2.75) is 38.2 Å². The van der Waals surface area contributed by atoms with E-state index in [1.807, 2.05) is 4.90 Å². The second-order valence-corrected chi connectivity index (χ2v) is 5.35. The molecule has 0 aliphatic heterocycles. The Morgan fingerprint density at radius 3 is 2.35 bits per heavy atom. The number of benzene rings is 1. The molecule has 0 spiro atoms. The maximum absolute atomic E-state index is 12.0. The average Bonchev–Trinajstić information content (AvgIpc) is 3.27. The van der Waals surface area contributed by atoms with Gasteiger partial charge < -0.3 is 14.6 Å². The third-order valence-corrected chi connectivity index (χ3v) is 3.55. The highest BCUT2D eigenvalue weighted by Gasteiger charge is 2.34. The molecule has 128 valence electrons. The Morgan fingerprint density at radius 2 is 1.87 bits per heavy atom. The first-order chi connectivity index (χ1) is 10.8. The van der Waals surface area contributed by atoms with Crippen LogP contribution in [0.2, 0.25) is 0 Å². The first kappa shape index (κ1) is 17.4. The number of alkyl halides is 3. The highest BCUT2D eigenvalue weighted by Crippen LogP contribution is 2.29. The van der Waals surface area contributed by atoms with Crippen LogP contribution >= 0.6 is 0 Å². The number of carboxylic acids is 1. The van der Waals surface area contributed by atoms with E-state index >= 15 is 0 Å². The summed E-state index contributed by atoms with van der Waals surface area (Å²) < 4.78 is 45.4. The molecule has 1 N–H and O–H groups in total. The lowest BCUT2D eigenvalue weighted by atomic mass is 10.2. The molecule has 8 heteroatoms. The van der Waals surface area contributed by atoms with Crippen LogP contribution in [-0.4, -0.2) is 47.6 Å². The fraction of sp³-hybridized carbons (Fsp3) is 0.533. The van der Waals surface area contributed by atoms with Crippen LogP contribution < -0.4 is 9.47 Å². The minimum absolute atomic E-state index is 0.258. The average molecular weight is 333 g/mol. The van der Waals surface area contributed by atoms with Gasteiger partial charge in [-0.3, -0.25) is 9.69 Å². The van der Waals surface area contributed by atoms with Crippen LogP contribution in [0.1, 0.15) is 19.8 Å². The molecule has 2 rings (SSSR count). The topological polar surface area (TPSA) is 59.0 Å². The van der Waals surface area contributed by atoms with Crippen molar-refractivity contribution in [1.29, 1.82) is 0 Å². The summed E-state index contributed by atoms with van der Waals surface area (Å²) in [5, 5.41) is 9.08. The molecular weight excluding hydrogens is 315 g/mol. The Balaban J connectivity index is 1.82. The molecule has 1 aliphatic carbocycles. The monoisotopic (exact) mass is 333 g/mol. The molecule has 0 bridgehead atoms. The fourth-order valence-corrected chi connectivity index (χ4v) is 2.25. The summed E-state index contributed by atoms with van der Waals surface area (Å²) in [6.45, 7) is 2.33. The van der Waals surface area contributed by atoms with Gasteiger partial charge in [0.15, 0.2) is 0 Å². The molecular formula is C15H18F3NO4. The molecule has 0 saturated heterocycles. The van der Waals surface area contributed by atoms with Crippen LogP contribution in [0.25, 0.3) is 0 Å². The minimum atomic E-state index is -4.72. The molecule has 0 heterocycles. The van der Waals surface area contributed by atoms with Crippen molar-refractivity contribution < 1.29 is 32.5 Å². The molecule has 0 radical (unpaired) electrons. The number of carboxylic acid groups (broad SMARTS) is 1. The molecule has 1 saturated carbocycles. The zero-order valence-electron chi connectivity index (χ0n) is 12.5. The molecule has 1 atom stereocenters. The van der Waals surface area contributed by atoms with Crippen LogP contribution in [0.3, 0.4) is 0 Å². The standard InChI is InChI=1S/C15H18F3NO4/c1-10(14(20)21)19(11-2-3-11)8-9-22-12-4-6-13(7-5-12)23-15(16,17)18/h4-7,10-11H,2-3,8-9H2,1H3,(H,20,21). The molecule has 1 aromatic carbocycles. The van der Waals surface area contributed by atoms with E-state index in [4.69, 9.17) is 9.84 Å². The Labute approximate surface area is 131 Å². The first-order valence-electron chi connectivity index (χ1n) is 7.23. The number of ether oxygens (including phenoxy) is 2. The Hall–Kier alpha value is -1.96. The van der Waals surface area contributed by atoms with Crippen LogP contribution in [0.5, 0.6) is 11.5 Å². The van der Waals surface area contributed by atoms with E-state index in [9.17, 15) is 18.0 Å². The highest BCUT2D eigenvalue weighted by atomic mass is 19.4. The molecule has 1 aromatic rings. The van der Waals surface area contributed by atoms with E-state index in [1.165, 1.54) is 24.3 Å². The van der Waals surface area contributed by atoms with Gasteiger partial charge in [0.05, 0.1) is 0 Å². The van der Waals surface area contributed by atoms with Gasteiger partial charge >= 0.3 is 12.3 Å². The smallest absolute Gasteiger partial charge is 0.492 e. The van der Waals surface area contributed by atoms with E-state index in [-0.39, 0.29) is 18.4 Å². The molecule has 23 heavy (non-hydrogen) atoms. The summed E-state index contributed by atoms with van der Waals surface area (Å²) in [7, 11) is 0. The summed E-state index contributed by atoms with van der Waals surface area (Å²) >= 11 is 0. The van der Waals surface area contributed by atoms with Gasteiger partial charge in [0.25, 0.3) is 0 Å². The Kier molecular flexibility index (Phi) is 5.35. The van der Waals surface area contributed by atoms with Crippen LogP contribution in [0.4, 0.5) is 13.2 Å². The second kappa shape index (κ2) is 7.08. The normalized spacial score (nSPS) is 16.2. The van der Waals surface area contributed by atoms with Gasteiger partial charge in [0, 0.05) is 12.6 Å². The lowest BCUT2D eigenvalue weighted by Gasteiger charge is -2.25. The number of halogens is 3. The van der Waals surface area contributed by atoms with Gasteiger partial charge in [0.1, 0.15) is 24.1 Å². The third-order valence-electron chi connectivity index (χ3n) is 3.55. The van der Waals surface area contributed by atoms with E-state index in [1.54, 1.807) is 6.92 Å². The summed E-state index contributed by atoms with van der Waals surface area (Å²) in [5.41, 5.74) is 0. The molecule has 0 amide bonds. The number of hydrogen-bond donors (Lipinski definition) is 1. The number of rotatable bonds is 8. The Morgan fingerprint density at radius 1 is 1.30 bits per heavy atom. The predicted molar refractivity (Wildman–Crippen MR) is 75.4 cm³/mol. The van der Waals surface area contributed by atoms with Gasteiger partial charge in [-0.05, 0) is 44.0 Å². The van der Waals surface area contributed by atoms with E-state index < -0.39 is 18.4 Å². The summed E-state index contributed by atoms with van der Waals surface area (Å²) in [5.74, 6) is -0.798. The van der Waals surface area contributed by atoms with E-state index in [0.29, 0.717) is 12.3 Å². The van der Waals surface area contributed by atoms with Crippen molar-refractivity contribution in [2.75, 3.05) is 13.2 Å². The number of aliphatic carboxylic acids is 1. The minimum Gasteiger partial charge on any atom is -0.492 e. The number of carbonyl (C=O) groups is 1. The molecule has 1 aliphatic rings. The van der Waals surface area contributed by atoms with Gasteiger partial charge in [0.2, 0.25) is 0 Å². The zero-order chi connectivity index (χ0) is 17.0. The van der Waals surface area contributed by atoms with Gasteiger partial charge in [-0.1, -0.05) is 0 Å². The van der Waals surface area contributed by atoms with Crippen molar-refractivity contribution in [3.05, 3.63) is 24.3 Å². The Bertz CT molecular complexity index is 529. The van der Waals surface area contributed by atoms with Crippen LogP contribution in [0, 0.1) is 0 Å². The van der Waals surface area contributed by atoms with Crippen molar-refractivity contribution >= 4 is 5.97 Å². The highest BCUT2D eigenvalue weighted by molar-refractivity contribution is 5.73. The predicted octanol–water partition coefficient (Wildman–Crippen LogP) is 2.90. The summed E-state index contributed by atoms with van der Waals surface area (Å²) in [6, 6.07) is 4.77. The van der Waals surface area contributed by atoms with Crippen molar-refractivity contribution in [3.63, 3.8) is 0 Å². The molecule has 5 nitrogen and oxygen atoms in total. The fourth-order valence-electron chi connectivity index (χ4n) is 2.25. The van der Waals surface area contributed by atoms with Crippen molar-refractivity contribution in [2.24, 2.45) is 0 Å². The lowest BCUT2D eigenvalue weighted by molar-refractivity contribution is -0.274. The number of nitrogens with zero attached hydrogens (tertiary/aromatic N) is 1. The van der Waals surface area contributed by atoms with E-state index in [0.717, 1.165) is 12.8 Å². The van der Waals surface area contributed by atoms with Crippen molar-refractivity contribution in [3.8, 4) is 11.5 Å². The van der Waals surface area contributed by atoms with Crippen LogP contribution in [-0.2, 0) is 4.79 Å². The van der Waals surface area contributed by atoms with E-state index in [2.05, 4.69) is 4.74 Å². The largest absolute Gasteiger partial charge is 0.573 e. The SMILES string of the molecule is CC(C(=O)O)N(CCOc1ccc(OC(F)(F)F)cc1)C1CC1. The second-order valence-electron chi connectivity index (χ2n) is 5.35. The first-order valence-corrected chi connectivity index (χ1v) is 7.23. The third kappa shape index (κ3) is 5.63. The lowest BCUT2D eigenvalue weighted by Crippen LogP contribution is -2.42. The summed E-state index contributed by atoms with van der Waals surface area (Å²) in [6.07, 6.45) is -2.78. The molecule has 1 unspecified atom stereocenters. The van der Waals surface area contributed by atoms with Gasteiger partial charge in [-0.15, -0.1) is 13.2 Å². The van der Waals surface area contributed by atoms with Gasteiger partial charge in [-0.2, -0.15) is 0 Å². The van der Waals surface area contributed by atoms with Gasteiger partial charge in [-0.25, -0.2) is 0 Å². The molecule has 0 aromatic heterocycles. The quantitative estimate of drug-likeness (QED) is 0.793. The number of hydrogen-bond acceptors (Lipinski definition) is 4. The maximum Gasteiger partial charge on any atom is 0.573 e. The van der Waals surface area contributed by atoms with Crippen molar-refractivity contribution in [1.82, 2.24) is 4.90 Å². The molecule has 1 fully saturated rings. The zero-order valence-corrected chi connectivity index (χ0v) is 12.5. The summed E-state index contributed by atoms with van der Waals surface area (Å²) in [4.78, 5) is 12.9.